The minimum atomic E-state index is -0.506. The highest BCUT2D eigenvalue weighted by Gasteiger charge is 2.49. The molecule has 1 amide bonds. The molecule has 116 valence electrons. The minimum absolute atomic E-state index is 0.182. The number of nitrogens with two attached hydrogens (primary N) is 1. The van der Waals surface area contributed by atoms with Gasteiger partial charge in [0, 0.05) is 13.1 Å². The lowest BCUT2D eigenvalue weighted by Crippen LogP contribution is -2.62. The van der Waals surface area contributed by atoms with E-state index in [1.807, 2.05) is 7.05 Å². The van der Waals surface area contributed by atoms with Crippen LogP contribution < -0.4 is 11.1 Å². The van der Waals surface area contributed by atoms with E-state index in [0.717, 1.165) is 38.4 Å². The lowest BCUT2D eigenvalue weighted by atomic mass is 9.89. The fourth-order valence-corrected chi connectivity index (χ4v) is 3.59. The van der Waals surface area contributed by atoms with Crippen molar-refractivity contribution in [3.63, 3.8) is 0 Å². The molecule has 1 aliphatic heterocycles. The van der Waals surface area contributed by atoms with Gasteiger partial charge in [0.2, 0.25) is 5.91 Å². The second-order valence-corrected chi connectivity index (χ2v) is 6.84. The Labute approximate surface area is 122 Å². The van der Waals surface area contributed by atoms with Gasteiger partial charge in [-0.25, -0.2) is 0 Å². The highest BCUT2D eigenvalue weighted by Crippen LogP contribution is 2.40. The monoisotopic (exact) mass is 282 g/mol. The molecule has 5 heteroatoms. The molecular formula is C15H30N4O. The molecule has 0 aromatic rings. The summed E-state index contributed by atoms with van der Waals surface area (Å²) in [5.74, 6) is 1.04. The Hall–Kier alpha value is -0.650. The van der Waals surface area contributed by atoms with E-state index in [9.17, 15) is 4.79 Å². The number of likely N-dealkylation sites (N-methyl/N-ethyl adjacent to an activating group) is 1. The molecule has 0 aromatic heterocycles. The highest BCUT2D eigenvalue weighted by atomic mass is 16.1. The third kappa shape index (κ3) is 3.51. The number of primary amides is 1. The van der Waals surface area contributed by atoms with Crippen molar-refractivity contribution < 1.29 is 4.79 Å². The molecule has 2 aliphatic rings. The maximum atomic E-state index is 11.9. The first kappa shape index (κ1) is 15.7. The second-order valence-electron chi connectivity index (χ2n) is 6.84. The Morgan fingerprint density at radius 1 is 1.30 bits per heavy atom. The summed E-state index contributed by atoms with van der Waals surface area (Å²) in [7, 11) is 6.15. The maximum Gasteiger partial charge on any atom is 0.239 e. The standard InChI is InChI=1S/C15H30N4O/c1-17-15(14(16)20,13-4-5-13)11-19-8-6-12(7-9-19)10-18(2)3/h12-13,17H,4-11H2,1-3H3,(H2,16,20). The zero-order valence-corrected chi connectivity index (χ0v) is 13.2. The third-order valence-corrected chi connectivity index (χ3v) is 4.96. The maximum absolute atomic E-state index is 11.9. The Kier molecular flexibility index (Phi) is 5.04. The molecule has 5 nitrogen and oxygen atoms in total. The molecule has 1 aliphatic carbocycles. The summed E-state index contributed by atoms with van der Waals surface area (Å²) in [6.45, 7) is 4.12. The van der Waals surface area contributed by atoms with Crippen LogP contribution in [0.5, 0.6) is 0 Å². The fraction of sp³-hybridized carbons (Fsp3) is 0.933. The van der Waals surface area contributed by atoms with Gasteiger partial charge < -0.3 is 20.9 Å². The number of carbonyl (C=O) groups excluding carboxylic acids is 1. The quantitative estimate of drug-likeness (QED) is 0.696. The van der Waals surface area contributed by atoms with Crippen molar-refractivity contribution in [1.29, 1.82) is 0 Å². The van der Waals surface area contributed by atoms with Crippen LogP contribution in [0.3, 0.4) is 0 Å². The van der Waals surface area contributed by atoms with Gasteiger partial charge in [0.25, 0.3) is 0 Å². The van der Waals surface area contributed by atoms with Gasteiger partial charge in [0.1, 0.15) is 5.54 Å². The number of amides is 1. The predicted molar refractivity (Wildman–Crippen MR) is 81.4 cm³/mol. The molecule has 0 bridgehead atoms. The molecule has 1 saturated heterocycles. The molecule has 20 heavy (non-hydrogen) atoms. The second kappa shape index (κ2) is 6.41. The van der Waals surface area contributed by atoms with Crippen LogP contribution in [0.25, 0.3) is 0 Å². The summed E-state index contributed by atoms with van der Waals surface area (Å²) in [4.78, 5) is 16.6. The van der Waals surface area contributed by atoms with E-state index in [0.29, 0.717) is 5.92 Å². The molecule has 2 fully saturated rings. The average molecular weight is 282 g/mol. The molecule has 2 rings (SSSR count). The van der Waals surface area contributed by atoms with Crippen LogP contribution in [-0.4, -0.2) is 68.6 Å². The molecule has 1 saturated carbocycles. The van der Waals surface area contributed by atoms with Crippen LogP contribution in [0.4, 0.5) is 0 Å². The van der Waals surface area contributed by atoms with E-state index in [1.54, 1.807) is 0 Å². The topological polar surface area (TPSA) is 61.6 Å². The van der Waals surface area contributed by atoms with Crippen molar-refractivity contribution in [3.8, 4) is 0 Å². The number of nitrogens with one attached hydrogen (secondary N) is 1. The summed E-state index contributed by atoms with van der Waals surface area (Å²) in [5.41, 5.74) is 5.19. The van der Waals surface area contributed by atoms with Gasteiger partial charge in [-0.15, -0.1) is 0 Å². The number of carbonyl (C=O) groups is 1. The van der Waals surface area contributed by atoms with E-state index >= 15 is 0 Å². The van der Waals surface area contributed by atoms with Crippen LogP contribution in [0.2, 0.25) is 0 Å². The van der Waals surface area contributed by atoms with Crippen molar-refractivity contribution >= 4 is 5.91 Å². The number of likely N-dealkylation sites (tertiary alicyclic amines) is 1. The molecule has 0 radical (unpaired) electrons. The Bertz CT molecular complexity index is 335. The van der Waals surface area contributed by atoms with Gasteiger partial charge in [0.15, 0.2) is 0 Å². The molecule has 3 N–H and O–H groups in total. The number of piperidine rings is 1. The number of hydrogen-bond acceptors (Lipinski definition) is 4. The molecule has 1 unspecified atom stereocenters. The summed E-state index contributed by atoms with van der Waals surface area (Å²) < 4.78 is 0. The van der Waals surface area contributed by atoms with E-state index in [2.05, 4.69) is 29.2 Å². The average Bonchev–Trinajstić information content (AvgIpc) is 3.21. The van der Waals surface area contributed by atoms with Crippen LogP contribution in [0.1, 0.15) is 25.7 Å². The Morgan fingerprint density at radius 3 is 2.30 bits per heavy atom. The van der Waals surface area contributed by atoms with Crippen molar-refractivity contribution in [1.82, 2.24) is 15.1 Å². The summed E-state index contributed by atoms with van der Waals surface area (Å²) in [6, 6.07) is 0. The Balaban J connectivity index is 1.88. The first-order valence-electron chi connectivity index (χ1n) is 7.84. The van der Waals surface area contributed by atoms with Gasteiger partial charge in [0.05, 0.1) is 0 Å². The van der Waals surface area contributed by atoms with E-state index in [1.165, 1.54) is 19.4 Å². The molecule has 1 atom stereocenters. The lowest BCUT2D eigenvalue weighted by Gasteiger charge is -2.40. The van der Waals surface area contributed by atoms with Crippen molar-refractivity contribution in [2.75, 3.05) is 47.3 Å². The molecule has 1 heterocycles. The molecule has 0 spiro atoms. The normalized spacial score (nSPS) is 24.8. The fourth-order valence-electron chi connectivity index (χ4n) is 3.59. The number of nitrogens with zero attached hydrogens (tertiary/aromatic N) is 2. The molecule has 0 aromatic carbocycles. The minimum Gasteiger partial charge on any atom is -0.368 e. The van der Waals surface area contributed by atoms with Gasteiger partial charge >= 0.3 is 0 Å². The van der Waals surface area contributed by atoms with Crippen LogP contribution in [0.15, 0.2) is 0 Å². The van der Waals surface area contributed by atoms with Gasteiger partial charge in [-0.2, -0.15) is 0 Å². The predicted octanol–water partition coefficient (Wildman–Crippen LogP) is 0.114. The van der Waals surface area contributed by atoms with Gasteiger partial charge in [-0.3, -0.25) is 4.79 Å². The molecular weight excluding hydrogens is 252 g/mol. The SMILES string of the molecule is CNC(CN1CCC(CN(C)C)CC1)(C(N)=O)C1CC1. The van der Waals surface area contributed by atoms with Crippen LogP contribution in [0, 0.1) is 11.8 Å². The van der Waals surface area contributed by atoms with Crippen molar-refractivity contribution in [2.45, 2.75) is 31.2 Å². The summed E-state index contributed by atoms with van der Waals surface area (Å²) in [6.07, 6.45) is 4.70. The van der Waals surface area contributed by atoms with E-state index in [-0.39, 0.29) is 5.91 Å². The van der Waals surface area contributed by atoms with Crippen LogP contribution >= 0.6 is 0 Å². The first-order valence-corrected chi connectivity index (χ1v) is 7.84. The largest absolute Gasteiger partial charge is 0.368 e. The number of rotatable bonds is 7. The van der Waals surface area contributed by atoms with Crippen molar-refractivity contribution in [3.05, 3.63) is 0 Å². The van der Waals surface area contributed by atoms with Gasteiger partial charge in [-0.05, 0) is 71.8 Å². The van der Waals surface area contributed by atoms with Crippen LogP contribution in [-0.2, 0) is 4.79 Å². The van der Waals surface area contributed by atoms with E-state index < -0.39 is 5.54 Å². The lowest BCUT2D eigenvalue weighted by molar-refractivity contribution is -0.126. The smallest absolute Gasteiger partial charge is 0.239 e. The zero-order valence-electron chi connectivity index (χ0n) is 13.2. The zero-order chi connectivity index (χ0) is 14.8. The number of hydrogen-bond donors (Lipinski definition) is 2. The van der Waals surface area contributed by atoms with Crippen molar-refractivity contribution in [2.24, 2.45) is 17.6 Å². The van der Waals surface area contributed by atoms with E-state index in [4.69, 9.17) is 5.73 Å². The summed E-state index contributed by atoms with van der Waals surface area (Å²) in [5, 5.41) is 3.24. The highest BCUT2D eigenvalue weighted by molar-refractivity contribution is 5.86. The summed E-state index contributed by atoms with van der Waals surface area (Å²) >= 11 is 0. The van der Waals surface area contributed by atoms with Gasteiger partial charge in [-0.1, -0.05) is 0 Å². The Morgan fingerprint density at radius 2 is 1.90 bits per heavy atom. The first-order chi connectivity index (χ1) is 9.48. The third-order valence-electron chi connectivity index (χ3n) is 4.96.